The van der Waals surface area contributed by atoms with E-state index in [1.807, 2.05) is 176 Å². The summed E-state index contributed by atoms with van der Waals surface area (Å²) in [5.41, 5.74) is 7.19. The average Bonchev–Trinajstić information content (AvgIpc) is 1.01. The number of aliphatic hydroxyl groups excluding tert-OH is 3. The summed E-state index contributed by atoms with van der Waals surface area (Å²) in [5.74, 6) is 3.21. The number of aliphatic hydroxyl groups is 3. The summed E-state index contributed by atoms with van der Waals surface area (Å²) in [6, 6.07) is 66.5. The topological polar surface area (TPSA) is 167 Å². The predicted octanol–water partition coefficient (Wildman–Crippen LogP) is 14.3. The van der Waals surface area contributed by atoms with Crippen LogP contribution in [0.4, 0.5) is 0 Å². The van der Waals surface area contributed by atoms with Crippen LogP contribution in [0.1, 0.15) is 56.4 Å². The van der Waals surface area contributed by atoms with Crippen molar-refractivity contribution in [1.29, 1.82) is 0 Å². The van der Waals surface area contributed by atoms with Crippen molar-refractivity contribution in [1.82, 2.24) is 0 Å². The maximum absolute atomic E-state index is 15.1. The van der Waals surface area contributed by atoms with Gasteiger partial charge in [0.1, 0.15) is 54.3 Å². The molecule has 0 fully saturated rings. The number of fused-ring (bicyclic) bond motifs is 9. The fourth-order valence-corrected chi connectivity index (χ4v) is 19.7. The molecule has 12 nitrogen and oxygen atoms in total. The van der Waals surface area contributed by atoms with Gasteiger partial charge in [0.25, 0.3) is 22.1 Å². The molecule has 446 valence electrons. The molecular formula is C72H71O12P3. The van der Waals surface area contributed by atoms with Crippen molar-refractivity contribution >= 4 is 38.0 Å². The van der Waals surface area contributed by atoms with Gasteiger partial charge in [-0.2, -0.15) is 0 Å². The summed E-state index contributed by atoms with van der Waals surface area (Å²) in [6.07, 6.45) is -2.43. The van der Waals surface area contributed by atoms with Gasteiger partial charge in [0, 0.05) is 33.2 Å². The molecule has 7 unspecified atom stereocenters. The molecular weight excluding hydrogens is 1150 g/mol. The largest absolute Gasteiger partial charge is 0.491 e. The summed E-state index contributed by atoms with van der Waals surface area (Å²) in [7, 11) is -10.8. The maximum Gasteiger partial charge on any atom is 0.280 e. The first-order valence-corrected chi connectivity index (χ1v) is 35.0. The minimum absolute atomic E-state index is 0.139. The molecule has 0 saturated heterocycles. The van der Waals surface area contributed by atoms with E-state index in [1.54, 1.807) is 30.3 Å². The van der Waals surface area contributed by atoms with Gasteiger partial charge >= 0.3 is 0 Å². The van der Waals surface area contributed by atoms with Gasteiger partial charge in [-0.3, -0.25) is 13.7 Å². The molecule has 7 atom stereocenters. The Kier molecular flexibility index (Phi) is 16.8. The van der Waals surface area contributed by atoms with Crippen molar-refractivity contribution in [2.24, 2.45) is 0 Å². The lowest BCUT2D eigenvalue weighted by Gasteiger charge is -2.35. The van der Waals surface area contributed by atoms with Crippen molar-refractivity contribution in [3.8, 4) is 67.9 Å². The highest BCUT2D eigenvalue weighted by Gasteiger charge is 2.42. The van der Waals surface area contributed by atoms with Crippen LogP contribution in [0.25, 0.3) is 33.4 Å². The zero-order chi connectivity index (χ0) is 60.6. The van der Waals surface area contributed by atoms with Gasteiger partial charge in [0.2, 0.25) is 0 Å². The quantitative estimate of drug-likeness (QED) is 0.0550. The van der Waals surface area contributed by atoms with Crippen LogP contribution < -0.4 is 43.7 Å². The first kappa shape index (κ1) is 59.7. The second-order valence-corrected chi connectivity index (χ2v) is 31.0. The molecule has 0 saturated carbocycles. The van der Waals surface area contributed by atoms with Crippen molar-refractivity contribution in [2.75, 3.05) is 38.3 Å². The van der Waals surface area contributed by atoms with Crippen LogP contribution in [0.3, 0.4) is 0 Å². The van der Waals surface area contributed by atoms with Gasteiger partial charge in [0.05, 0.1) is 52.7 Å². The van der Waals surface area contributed by atoms with E-state index in [0.29, 0.717) is 69.7 Å². The lowest BCUT2D eigenvalue weighted by atomic mass is 9.72. The van der Waals surface area contributed by atoms with Crippen molar-refractivity contribution < 1.29 is 56.8 Å². The fourth-order valence-electron chi connectivity index (χ4n) is 12.6. The third-order valence-corrected chi connectivity index (χ3v) is 24.6. The van der Waals surface area contributed by atoms with Crippen LogP contribution >= 0.6 is 22.1 Å². The minimum Gasteiger partial charge on any atom is -0.491 e. The molecule has 15 heteroatoms. The summed E-state index contributed by atoms with van der Waals surface area (Å²) in [5, 5.41) is 37.0. The number of para-hydroxylation sites is 6. The first-order valence-electron chi connectivity index (χ1n) is 29.6. The Balaban J connectivity index is 0.811. The number of hydrogen-bond donors (Lipinski definition) is 3. The van der Waals surface area contributed by atoms with Crippen LogP contribution in [-0.2, 0) is 37.4 Å². The highest BCUT2D eigenvalue weighted by atomic mass is 31.2. The number of ether oxygens (including phenoxy) is 3. The Hall–Kier alpha value is -7.65. The van der Waals surface area contributed by atoms with E-state index in [0.717, 1.165) is 55.6 Å². The molecule has 3 heterocycles. The second kappa shape index (κ2) is 24.5. The van der Waals surface area contributed by atoms with E-state index < -0.39 is 51.2 Å². The number of rotatable bonds is 22. The summed E-state index contributed by atoms with van der Waals surface area (Å²) in [4.78, 5) is 0. The van der Waals surface area contributed by atoms with E-state index in [2.05, 4.69) is 33.8 Å². The standard InChI is InChI=1S/C72H71O12P3/c1-5-72(4,42-49-23-6-14-33-62(49)79-43-51(73)46-85(76)67-38-19-10-28-57(67)54-25-7-15-34-63(54)82-85)61-32-22-24-50(70(61)81-45-53(75)48-87(78)69-40-21-12-30-59(69)56-27-9-17-36-65(56)84-87)41-71(2,3)60-31-13-18-37-66(60)80-44-52(74)47-86(77)68-39-20-11-29-58(68)55-26-8-16-35-64(55)83-86/h6-40,51-53,73-75H,5,41-48H2,1-4H3. The molecule has 0 radical (unpaired) electrons. The summed E-state index contributed by atoms with van der Waals surface area (Å²) in [6.45, 7) is 8.05. The minimum atomic E-state index is -3.66. The van der Waals surface area contributed by atoms with Gasteiger partial charge in [-0.05, 0) is 101 Å². The molecule has 3 aliphatic rings. The average molecular weight is 1220 g/mol. The monoisotopic (exact) mass is 1220 g/mol. The van der Waals surface area contributed by atoms with Crippen molar-refractivity contribution in [3.05, 3.63) is 235 Å². The Labute approximate surface area is 509 Å². The van der Waals surface area contributed by atoms with Crippen molar-refractivity contribution in [3.63, 3.8) is 0 Å². The van der Waals surface area contributed by atoms with E-state index in [9.17, 15) is 24.4 Å². The van der Waals surface area contributed by atoms with Gasteiger partial charge in [-0.1, -0.05) is 191 Å². The highest BCUT2D eigenvalue weighted by molar-refractivity contribution is 7.68. The molecule has 0 aliphatic carbocycles. The molecule has 0 aromatic heterocycles. The molecule has 3 aliphatic heterocycles. The predicted molar refractivity (Wildman–Crippen MR) is 346 cm³/mol. The highest BCUT2D eigenvalue weighted by Crippen LogP contribution is 2.58. The third-order valence-electron chi connectivity index (χ3n) is 17.0. The zero-order valence-corrected chi connectivity index (χ0v) is 51.8. The second-order valence-electron chi connectivity index (χ2n) is 23.8. The molecule has 0 amide bonds. The molecule has 9 aromatic rings. The van der Waals surface area contributed by atoms with E-state index in [-0.39, 0.29) is 38.3 Å². The first-order chi connectivity index (χ1) is 42.0. The Morgan fingerprint density at radius 2 is 0.747 bits per heavy atom. The van der Waals surface area contributed by atoms with E-state index >= 15 is 4.57 Å². The molecule has 9 aromatic carbocycles. The molecule has 12 rings (SSSR count). The molecule has 87 heavy (non-hydrogen) atoms. The fraction of sp³-hybridized carbons (Fsp3) is 0.250. The van der Waals surface area contributed by atoms with Crippen LogP contribution in [0.15, 0.2) is 212 Å². The SMILES string of the molecule is CCC(C)(Cc1ccccc1OCC(O)CP1(=O)Oc2ccccc2-c2ccccc21)c1cccc(CC(C)(C)c2ccccc2OCC(O)CP2(=O)Oc3ccccc3-c3ccccc32)c1OCC(O)CP1(=O)Oc2ccccc2-c2ccccc21. The Morgan fingerprint density at radius 1 is 0.391 bits per heavy atom. The van der Waals surface area contributed by atoms with Crippen LogP contribution in [0.2, 0.25) is 0 Å². The normalized spacial score (nSPS) is 19.7. The lowest BCUT2D eigenvalue weighted by Crippen LogP contribution is -2.31. The lowest BCUT2D eigenvalue weighted by molar-refractivity contribution is 0.120. The summed E-state index contributed by atoms with van der Waals surface area (Å²) < 4.78 is 83.3. The van der Waals surface area contributed by atoms with Gasteiger partial charge in [0.15, 0.2) is 0 Å². The molecule has 0 bridgehead atoms. The molecule has 0 spiro atoms. The Morgan fingerprint density at radius 3 is 1.22 bits per heavy atom. The van der Waals surface area contributed by atoms with E-state index in [1.165, 1.54) is 0 Å². The van der Waals surface area contributed by atoms with Gasteiger partial charge < -0.3 is 43.1 Å². The zero-order valence-electron chi connectivity index (χ0n) is 49.2. The van der Waals surface area contributed by atoms with Crippen molar-refractivity contribution in [2.45, 2.75) is 76.1 Å². The number of benzene rings is 9. The van der Waals surface area contributed by atoms with Gasteiger partial charge in [-0.25, -0.2) is 0 Å². The smallest absolute Gasteiger partial charge is 0.280 e. The maximum atomic E-state index is 15.1. The third kappa shape index (κ3) is 12.1. The number of hydrogen-bond acceptors (Lipinski definition) is 12. The van der Waals surface area contributed by atoms with Crippen LogP contribution in [0, 0.1) is 0 Å². The van der Waals surface area contributed by atoms with Crippen LogP contribution in [-0.4, -0.2) is 71.9 Å². The van der Waals surface area contributed by atoms with E-state index in [4.69, 9.17) is 27.8 Å². The Bertz CT molecular complexity index is 4160. The van der Waals surface area contributed by atoms with Crippen LogP contribution in [0.5, 0.6) is 34.5 Å². The molecule has 3 N–H and O–H groups in total. The summed E-state index contributed by atoms with van der Waals surface area (Å²) >= 11 is 0. The van der Waals surface area contributed by atoms with Gasteiger partial charge in [-0.15, -0.1) is 0 Å².